The summed E-state index contributed by atoms with van der Waals surface area (Å²) in [5, 5.41) is 9.50. The van der Waals surface area contributed by atoms with Crippen molar-refractivity contribution in [2.75, 3.05) is 20.8 Å². The van der Waals surface area contributed by atoms with Crippen molar-refractivity contribution in [3.05, 3.63) is 77.0 Å². The molecule has 0 aliphatic rings. The van der Waals surface area contributed by atoms with E-state index in [0.717, 1.165) is 22.8 Å². The molecule has 0 aliphatic carbocycles. The second kappa shape index (κ2) is 10.4. The van der Waals surface area contributed by atoms with E-state index in [1.807, 2.05) is 54.8 Å². The van der Waals surface area contributed by atoms with Gasteiger partial charge in [0.2, 0.25) is 0 Å². The second-order valence-corrected chi connectivity index (χ2v) is 7.44. The van der Waals surface area contributed by atoms with Gasteiger partial charge < -0.3 is 23.4 Å². The molecule has 0 atom stereocenters. The zero-order valence-electron chi connectivity index (χ0n) is 19.0. The highest BCUT2D eigenvalue weighted by molar-refractivity contribution is 5.99. The van der Waals surface area contributed by atoms with Crippen LogP contribution in [0.5, 0.6) is 5.75 Å². The van der Waals surface area contributed by atoms with Crippen LogP contribution in [0, 0.1) is 25.2 Å². The first-order valence-corrected chi connectivity index (χ1v) is 10.2. The zero-order chi connectivity index (χ0) is 24.0. The number of aryl methyl sites for hydroxylation is 1. The molecule has 8 nitrogen and oxygen atoms in total. The lowest BCUT2D eigenvalue weighted by molar-refractivity contribution is -0.148. The fraction of sp³-hybridized carbons (Fsp3) is 0.240. The molecule has 0 radical (unpaired) electrons. The highest BCUT2D eigenvalue weighted by atomic mass is 16.5. The molecule has 3 rings (SSSR count). The Balaban J connectivity index is 1.71. The summed E-state index contributed by atoms with van der Waals surface area (Å²) in [4.78, 5) is 26.1. The van der Waals surface area contributed by atoms with Crippen molar-refractivity contribution in [3.63, 3.8) is 0 Å². The summed E-state index contributed by atoms with van der Waals surface area (Å²) in [6, 6.07) is 14.8. The summed E-state index contributed by atoms with van der Waals surface area (Å²) < 4.78 is 17.5. The van der Waals surface area contributed by atoms with Gasteiger partial charge in [0.15, 0.2) is 6.61 Å². The molecule has 0 fully saturated rings. The number of amides is 1. The first-order chi connectivity index (χ1) is 15.8. The van der Waals surface area contributed by atoms with Crippen LogP contribution < -0.4 is 4.74 Å². The number of nitrogens with zero attached hydrogens (tertiary/aromatic N) is 3. The van der Waals surface area contributed by atoms with Gasteiger partial charge in [-0.1, -0.05) is 0 Å². The van der Waals surface area contributed by atoms with Crippen molar-refractivity contribution in [1.82, 2.24) is 9.47 Å². The van der Waals surface area contributed by atoms with Crippen molar-refractivity contribution in [2.45, 2.75) is 20.4 Å². The van der Waals surface area contributed by atoms with Gasteiger partial charge in [-0.05, 0) is 68.0 Å². The van der Waals surface area contributed by atoms with E-state index in [4.69, 9.17) is 13.9 Å². The molecule has 170 valence electrons. The van der Waals surface area contributed by atoms with E-state index in [-0.39, 0.29) is 12.1 Å². The Morgan fingerprint density at radius 3 is 2.55 bits per heavy atom. The summed E-state index contributed by atoms with van der Waals surface area (Å²) in [5.74, 6) is 0.100. The van der Waals surface area contributed by atoms with Crippen LogP contribution in [0.3, 0.4) is 0 Å². The summed E-state index contributed by atoms with van der Waals surface area (Å²) in [5.41, 5.74) is 3.23. The first kappa shape index (κ1) is 23.4. The maximum atomic E-state index is 12.4. The molecule has 8 heteroatoms. The van der Waals surface area contributed by atoms with E-state index in [2.05, 4.69) is 0 Å². The molecule has 0 spiro atoms. The van der Waals surface area contributed by atoms with Crippen LogP contribution in [0.2, 0.25) is 0 Å². The fourth-order valence-corrected chi connectivity index (χ4v) is 3.39. The van der Waals surface area contributed by atoms with E-state index in [1.165, 1.54) is 17.2 Å². The van der Waals surface area contributed by atoms with Gasteiger partial charge in [0, 0.05) is 24.1 Å². The minimum Gasteiger partial charge on any atom is -0.497 e. The number of carbonyl (C=O) groups excluding carboxylic acids is 2. The van der Waals surface area contributed by atoms with Crippen LogP contribution in [0.15, 0.2) is 58.7 Å². The predicted molar refractivity (Wildman–Crippen MR) is 122 cm³/mol. The van der Waals surface area contributed by atoms with Gasteiger partial charge in [0.1, 0.15) is 23.2 Å². The number of esters is 1. The minimum atomic E-state index is -0.855. The fourth-order valence-electron chi connectivity index (χ4n) is 3.39. The maximum Gasteiger partial charge on any atom is 0.349 e. The van der Waals surface area contributed by atoms with E-state index in [1.54, 1.807) is 26.3 Å². The Kier molecular flexibility index (Phi) is 7.36. The average Bonchev–Trinajstić information content (AvgIpc) is 3.42. The Labute approximate surface area is 192 Å². The van der Waals surface area contributed by atoms with Crippen molar-refractivity contribution in [1.29, 1.82) is 5.26 Å². The number of carbonyl (C=O) groups is 2. The van der Waals surface area contributed by atoms with E-state index >= 15 is 0 Å². The van der Waals surface area contributed by atoms with Crippen LogP contribution in [-0.2, 0) is 20.9 Å². The molecule has 33 heavy (non-hydrogen) atoms. The molecular weight excluding hydrogens is 422 g/mol. The van der Waals surface area contributed by atoms with Crippen LogP contribution in [-0.4, -0.2) is 42.1 Å². The summed E-state index contributed by atoms with van der Waals surface area (Å²) in [6.07, 6.45) is 2.99. The molecule has 2 aromatic heterocycles. The van der Waals surface area contributed by atoms with E-state index < -0.39 is 18.5 Å². The number of aromatic nitrogens is 1. The van der Waals surface area contributed by atoms with Gasteiger partial charge in [-0.25, -0.2) is 4.79 Å². The zero-order valence-corrected chi connectivity index (χ0v) is 19.0. The third-order valence-electron chi connectivity index (χ3n) is 5.17. The molecule has 1 amide bonds. The quantitative estimate of drug-likeness (QED) is 0.296. The van der Waals surface area contributed by atoms with Crippen molar-refractivity contribution >= 4 is 18.0 Å². The monoisotopic (exact) mass is 447 g/mol. The number of methoxy groups -OCH3 is 1. The molecule has 0 unspecified atom stereocenters. The topological polar surface area (TPSA) is 97.7 Å². The Morgan fingerprint density at radius 1 is 1.21 bits per heavy atom. The Hall–Kier alpha value is -4.25. The standard InChI is InChI=1S/C25H25N3O5/c1-17-12-19(18(2)28(17)21-7-9-22(31-4)10-8-21)13-20(14-26)25(30)33-16-24(29)27(3)15-23-6-5-11-32-23/h5-13H,15-16H2,1-4H3/b20-13+. The van der Waals surface area contributed by atoms with Gasteiger partial charge >= 0.3 is 5.97 Å². The number of rotatable bonds is 8. The Bertz CT molecular complexity index is 1200. The van der Waals surface area contributed by atoms with Gasteiger partial charge in [-0.2, -0.15) is 5.26 Å². The van der Waals surface area contributed by atoms with Crippen molar-refractivity contribution in [3.8, 4) is 17.5 Å². The predicted octanol–water partition coefficient (Wildman–Crippen LogP) is 3.80. The number of benzene rings is 1. The highest BCUT2D eigenvalue weighted by Gasteiger charge is 2.18. The number of furan rings is 1. The molecule has 0 saturated heterocycles. The molecule has 1 aromatic carbocycles. The maximum absolute atomic E-state index is 12.4. The largest absolute Gasteiger partial charge is 0.497 e. The number of nitriles is 1. The highest BCUT2D eigenvalue weighted by Crippen LogP contribution is 2.24. The lowest BCUT2D eigenvalue weighted by Gasteiger charge is -2.15. The summed E-state index contributed by atoms with van der Waals surface area (Å²) in [6.45, 7) is 3.62. The van der Waals surface area contributed by atoms with E-state index in [0.29, 0.717) is 11.3 Å². The summed E-state index contributed by atoms with van der Waals surface area (Å²) in [7, 11) is 3.19. The normalized spacial score (nSPS) is 11.1. The third-order valence-corrected chi connectivity index (χ3v) is 5.17. The van der Waals surface area contributed by atoms with Crippen LogP contribution in [0.4, 0.5) is 0 Å². The minimum absolute atomic E-state index is 0.188. The number of hydrogen-bond acceptors (Lipinski definition) is 6. The molecule has 3 aromatic rings. The van der Waals surface area contributed by atoms with Crippen LogP contribution in [0.1, 0.15) is 22.7 Å². The van der Waals surface area contributed by atoms with Crippen LogP contribution in [0.25, 0.3) is 11.8 Å². The number of ether oxygens (including phenoxy) is 2. The van der Waals surface area contributed by atoms with Gasteiger partial charge in [0.25, 0.3) is 5.91 Å². The molecule has 2 heterocycles. The molecule has 0 aliphatic heterocycles. The van der Waals surface area contributed by atoms with Gasteiger partial charge in [0.05, 0.1) is 19.9 Å². The lowest BCUT2D eigenvalue weighted by atomic mass is 10.1. The van der Waals surface area contributed by atoms with Gasteiger partial charge in [-0.3, -0.25) is 4.79 Å². The first-order valence-electron chi connectivity index (χ1n) is 10.2. The lowest BCUT2D eigenvalue weighted by Crippen LogP contribution is -2.30. The molecule has 0 bridgehead atoms. The van der Waals surface area contributed by atoms with Crippen LogP contribution >= 0.6 is 0 Å². The Morgan fingerprint density at radius 2 is 1.94 bits per heavy atom. The van der Waals surface area contributed by atoms with E-state index in [9.17, 15) is 14.9 Å². The molecule has 0 N–H and O–H groups in total. The number of likely N-dealkylation sites (N-methyl/N-ethyl adjacent to an activating group) is 1. The molecule has 0 saturated carbocycles. The van der Waals surface area contributed by atoms with Crippen molar-refractivity contribution < 1.29 is 23.5 Å². The average molecular weight is 447 g/mol. The van der Waals surface area contributed by atoms with Gasteiger partial charge in [-0.15, -0.1) is 0 Å². The van der Waals surface area contributed by atoms with Crippen molar-refractivity contribution in [2.24, 2.45) is 0 Å². The second-order valence-electron chi connectivity index (χ2n) is 7.44. The summed E-state index contributed by atoms with van der Waals surface area (Å²) >= 11 is 0. The molecular formula is C25H25N3O5. The smallest absolute Gasteiger partial charge is 0.349 e. The number of hydrogen-bond donors (Lipinski definition) is 0. The SMILES string of the molecule is COc1ccc(-n2c(C)cc(/C=C(\C#N)C(=O)OCC(=O)N(C)Cc3ccco3)c2C)cc1. The third kappa shape index (κ3) is 5.52.